The van der Waals surface area contributed by atoms with Gasteiger partial charge in [0.25, 0.3) is 0 Å². The van der Waals surface area contributed by atoms with Crippen molar-refractivity contribution in [1.82, 2.24) is 15.2 Å². The second kappa shape index (κ2) is 13.0. The van der Waals surface area contributed by atoms with Gasteiger partial charge in [-0.25, -0.2) is 27.5 Å². The van der Waals surface area contributed by atoms with Crippen LogP contribution < -0.4 is 14.9 Å². The number of benzene rings is 2. The third kappa shape index (κ3) is 9.13. The van der Waals surface area contributed by atoms with Gasteiger partial charge in [0.05, 0.1) is 23.1 Å². The van der Waals surface area contributed by atoms with E-state index in [-0.39, 0.29) is 4.90 Å². The van der Waals surface area contributed by atoms with Crippen molar-refractivity contribution in [3.63, 3.8) is 0 Å². The minimum atomic E-state index is -4.39. The fraction of sp³-hybridized carbons (Fsp3) is 0.391. The van der Waals surface area contributed by atoms with Crippen LogP contribution in [0.5, 0.6) is 11.5 Å². The molecule has 2 aromatic rings. The van der Waals surface area contributed by atoms with E-state index in [1.54, 1.807) is 24.3 Å². The molecule has 2 aromatic carbocycles. The van der Waals surface area contributed by atoms with E-state index in [1.165, 1.54) is 58.9 Å². The summed E-state index contributed by atoms with van der Waals surface area (Å²) in [6, 6.07) is 13.5. The van der Waals surface area contributed by atoms with E-state index < -0.39 is 54.2 Å². The smallest absolute Gasteiger partial charge is 0.426 e. The largest absolute Gasteiger partial charge is 0.464 e. The number of ether oxygens (including phenoxy) is 1. The summed E-state index contributed by atoms with van der Waals surface area (Å²) in [4.78, 5) is 24.4. The van der Waals surface area contributed by atoms with Crippen LogP contribution in [0.2, 0.25) is 0 Å². The molecule has 2 amide bonds. The highest BCUT2D eigenvalue weighted by molar-refractivity contribution is 7.89. The number of nitrogens with one attached hydrogen (secondary N) is 2. The highest BCUT2D eigenvalue weighted by atomic mass is 32.2. The van der Waals surface area contributed by atoms with Crippen LogP contribution in [0.3, 0.4) is 0 Å². The summed E-state index contributed by atoms with van der Waals surface area (Å²) in [5, 5.41) is 10.0. The lowest BCUT2D eigenvalue weighted by molar-refractivity contribution is 0.102. The van der Waals surface area contributed by atoms with Gasteiger partial charge in [-0.2, -0.15) is 0 Å². The number of hydrazine groups is 1. The van der Waals surface area contributed by atoms with Crippen LogP contribution in [-0.4, -0.2) is 55.1 Å². The van der Waals surface area contributed by atoms with Gasteiger partial charge in [-0.3, -0.25) is 19.3 Å². The maximum atomic E-state index is 13.0. The first kappa shape index (κ1) is 30.3. The van der Waals surface area contributed by atoms with Crippen molar-refractivity contribution in [2.75, 3.05) is 6.54 Å². The van der Waals surface area contributed by atoms with Crippen molar-refractivity contribution in [2.24, 2.45) is 0 Å². The van der Waals surface area contributed by atoms with Gasteiger partial charge in [-0.05, 0) is 71.0 Å². The van der Waals surface area contributed by atoms with Crippen LogP contribution in [0.25, 0.3) is 0 Å². The fourth-order valence-corrected chi connectivity index (χ4v) is 5.61. The molecule has 37 heavy (non-hydrogen) atoms. The molecule has 0 radical (unpaired) electrons. The third-order valence-corrected chi connectivity index (χ3v) is 7.93. The zero-order valence-corrected chi connectivity index (χ0v) is 22.9. The highest BCUT2D eigenvalue weighted by Crippen LogP contribution is 2.51. The van der Waals surface area contributed by atoms with Crippen LogP contribution in [0.4, 0.5) is 9.59 Å². The molecule has 3 N–H and O–H groups in total. The van der Waals surface area contributed by atoms with Gasteiger partial charge in [0.1, 0.15) is 11.5 Å². The molecule has 0 aromatic heterocycles. The number of carboxylic acid groups (broad SMARTS) is 1. The molecule has 2 rings (SSSR count). The summed E-state index contributed by atoms with van der Waals surface area (Å²) >= 11 is 0. The zero-order valence-electron chi connectivity index (χ0n) is 21.2. The van der Waals surface area contributed by atoms with E-state index in [4.69, 9.17) is 13.8 Å². The Morgan fingerprint density at radius 1 is 0.919 bits per heavy atom. The molecule has 0 aliphatic rings. The first-order valence-corrected chi connectivity index (χ1v) is 14.4. The van der Waals surface area contributed by atoms with Crippen molar-refractivity contribution >= 4 is 29.4 Å². The molecule has 0 saturated carbocycles. The molecule has 0 aliphatic carbocycles. The second-order valence-corrected chi connectivity index (χ2v) is 12.1. The summed E-state index contributed by atoms with van der Waals surface area (Å²) in [5.41, 5.74) is 0.714. The van der Waals surface area contributed by atoms with Crippen LogP contribution in [0, 0.1) is 0 Å². The molecule has 0 saturated heterocycles. The van der Waals surface area contributed by atoms with Crippen molar-refractivity contribution in [2.45, 2.75) is 57.8 Å². The maximum absolute atomic E-state index is 13.0. The Bertz CT molecular complexity index is 1190. The van der Waals surface area contributed by atoms with Gasteiger partial charge < -0.3 is 9.84 Å². The van der Waals surface area contributed by atoms with Gasteiger partial charge in [0.2, 0.25) is 10.0 Å². The normalized spacial score (nSPS) is 12.8. The molecule has 1 atom stereocenters. The topological polar surface area (TPSA) is 161 Å². The number of para-hydroxylation sites is 1. The number of carbonyl (C=O) groups is 2. The van der Waals surface area contributed by atoms with Crippen molar-refractivity contribution in [1.29, 1.82) is 0 Å². The van der Waals surface area contributed by atoms with Gasteiger partial charge >= 0.3 is 19.3 Å². The highest BCUT2D eigenvalue weighted by Gasteiger charge is 2.40. The van der Waals surface area contributed by atoms with Crippen molar-refractivity contribution < 1.29 is 41.5 Å². The SMILES string of the molecule is CC(C)OP(=O)(OC(C)C)C(=O)NN(C(=O)O)C(C)CNS(=O)(=O)c1ccc(Oc2ccccc2)cc1. The number of hydrogen-bond donors (Lipinski definition) is 3. The molecule has 14 heteroatoms. The quantitative estimate of drug-likeness (QED) is 0.246. The van der Waals surface area contributed by atoms with E-state index in [0.29, 0.717) is 16.5 Å². The summed E-state index contributed by atoms with van der Waals surface area (Å²) in [6.07, 6.45) is -2.91. The predicted molar refractivity (Wildman–Crippen MR) is 136 cm³/mol. The maximum Gasteiger partial charge on any atom is 0.426 e. The summed E-state index contributed by atoms with van der Waals surface area (Å²) in [6.45, 7) is 7.10. The monoisotopic (exact) mass is 557 g/mol. The first-order chi connectivity index (χ1) is 17.2. The lowest BCUT2D eigenvalue weighted by Crippen LogP contribution is -2.53. The molecule has 0 aliphatic heterocycles. The van der Waals surface area contributed by atoms with Crippen LogP contribution in [0.1, 0.15) is 34.6 Å². The number of sulfonamides is 1. The van der Waals surface area contributed by atoms with Gasteiger partial charge in [0.15, 0.2) is 0 Å². The Hall–Kier alpha value is -2.96. The number of rotatable bonds is 12. The Kier molecular flexibility index (Phi) is 10.6. The minimum absolute atomic E-state index is 0.0776. The van der Waals surface area contributed by atoms with E-state index in [1.807, 2.05) is 11.5 Å². The Balaban J connectivity index is 2.07. The number of hydrogen-bond acceptors (Lipinski definition) is 8. The number of carbonyl (C=O) groups excluding carboxylic acids is 1. The lowest BCUT2D eigenvalue weighted by Gasteiger charge is -2.29. The predicted octanol–water partition coefficient (Wildman–Crippen LogP) is 4.79. The van der Waals surface area contributed by atoms with Gasteiger partial charge in [-0.1, -0.05) is 18.2 Å². The van der Waals surface area contributed by atoms with E-state index in [9.17, 15) is 27.7 Å². The van der Waals surface area contributed by atoms with Crippen LogP contribution >= 0.6 is 7.60 Å². The van der Waals surface area contributed by atoms with Crippen LogP contribution in [0.15, 0.2) is 59.5 Å². The molecule has 1 unspecified atom stereocenters. The Labute approximate surface area is 216 Å². The second-order valence-electron chi connectivity index (χ2n) is 8.46. The molecule has 12 nitrogen and oxygen atoms in total. The summed E-state index contributed by atoms with van der Waals surface area (Å²) < 4.78 is 56.7. The summed E-state index contributed by atoms with van der Waals surface area (Å²) in [5.74, 6) is 1.01. The van der Waals surface area contributed by atoms with E-state index in [0.717, 1.165) is 0 Å². The number of amides is 2. The summed E-state index contributed by atoms with van der Waals surface area (Å²) in [7, 11) is -8.43. The van der Waals surface area contributed by atoms with Crippen molar-refractivity contribution in [3.05, 3.63) is 54.6 Å². The first-order valence-electron chi connectivity index (χ1n) is 11.4. The molecule has 204 valence electrons. The van der Waals surface area contributed by atoms with Gasteiger partial charge in [0, 0.05) is 6.54 Å². The fourth-order valence-electron chi connectivity index (χ4n) is 2.90. The molecule has 0 heterocycles. The Morgan fingerprint density at radius 3 is 1.92 bits per heavy atom. The van der Waals surface area contributed by atoms with E-state index >= 15 is 0 Å². The standard InChI is InChI=1S/C23H32N3O9PS/c1-16(2)34-36(30,35-17(3)4)22(27)25-26(23(28)29)18(5)15-24-37(31,32)21-13-11-20(12-14-21)33-19-9-7-6-8-10-19/h6-14,16-18,24H,15H2,1-5H3,(H,25,27)(H,28,29). The average molecular weight is 558 g/mol. The third-order valence-electron chi connectivity index (χ3n) is 4.49. The lowest BCUT2D eigenvalue weighted by atomic mass is 10.3. The molecular weight excluding hydrogens is 525 g/mol. The average Bonchev–Trinajstić information content (AvgIpc) is 2.80. The minimum Gasteiger partial charge on any atom is -0.464 e. The van der Waals surface area contributed by atoms with Crippen molar-refractivity contribution in [3.8, 4) is 11.5 Å². The van der Waals surface area contributed by atoms with Gasteiger partial charge in [-0.15, -0.1) is 0 Å². The number of nitrogens with zero attached hydrogens (tertiary/aromatic N) is 1. The zero-order chi connectivity index (χ0) is 27.8. The molecular formula is C23H32N3O9PS. The Morgan fingerprint density at radius 2 is 1.43 bits per heavy atom. The van der Waals surface area contributed by atoms with Crippen LogP contribution in [-0.2, 0) is 23.6 Å². The molecule has 0 fully saturated rings. The van der Waals surface area contributed by atoms with E-state index in [2.05, 4.69) is 4.72 Å². The molecule has 0 spiro atoms. The molecule has 0 bridgehead atoms.